The molecule has 0 N–H and O–H groups in total. The van der Waals surface area contributed by atoms with Gasteiger partial charge in [-0.05, 0) is 49.6 Å². The predicted molar refractivity (Wildman–Crippen MR) is 121 cm³/mol. The number of aryl methyl sites for hydroxylation is 3. The highest BCUT2D eigenvalue weighted by atomic mass is 16.5. The standard InChI is InChI=1S/C24H26N4O4/c1-16-5-4-6-19(13-16)15-27-23(30)21(22(29)26-9-11-32-12-10-26)25-28(24(27)31)20-8-7-17(2)18(3)14-20/h4-8,13-14H,9-12,15H2,1-3H3. The second kappa shape index (κ2) is 8.92. The average molecular weight is 434 g/mol. The van der Waals surface area contributed by atoms with Crippen molar-refractivity contribution in [1.29, 1.82) is 0 Å². The second-order valence-corrected chi connectivity index (χ2v) is 8.10. The Kier molecular flexibility index (Phi) is 6.05. The number of carbonyl (C=O) groups excluding carboxylic acids is 1. The summed E-state index contributed by atoms with van der Waals surface area (Å²) < 4.78 is 7.55. The Hall–Kier alpha value is -3.52. The van der Waals surface area contributed by atoms with Gasteiger partial charge in [-0.1, -0.05) is 35.9 Å². The van der Waals surface area contributed by atoms with Gasteiger partial charge in [-0.3, -0.25) is 14.2 Å². The lowest BCUT2D eigenvalue weighted by molar-refractivity contribution is 0.0295. The monoisotopic (exact) mass is 434 g/mol. The van der Waals surface area contributed by atoms with Crippen molar-refractivity contribution < 1.29 is 9.53 Å². The van der Waals surface area contributed by atoms with Crippen molar-refractivity contribution in [2.45, 2.75) is 27.3 Å². The molecule has 1 aromatic heterocycles. The summed E-state index contributed by atoms with van der Waals surface area (Å²) in [5.74, 6) is -0.492. The molecule has 0 unspecified atom stereocenters. The van der Waals surface area contributed by atoms with Crippen LogP contribution in [-0.4, -0.2) is 51.5 Å². The van der Waals surface area contributed by atoms with Crippen LogP contribution in [0, 0.1) is 20.8 Å². The lowest BCUT2D eigenvalue weighted by Gasteiger charge is -2.26. The van der Waals surface area contributed by atoms with Gasteiger partial charge in [0, 0.05) is 13.1 Å². The van der Waals surface area contributed by atoms with Gasteiger partial charge in [0.25, 0.3) is 11.5 Å². The van der Waals surface area contributed by atoms with Crippen LogP contribution in [0.25, 0.3) is 5.69 Å². The summed E-state index contributed by atoms with van der Waals surface area (Å²) in [6, 6.07) is 13.1. The van der Waals surface area contributed by atoms with Crippen LogP contribution in [0.1, 0.15) is 32.7 Å². The molecule has 0 bridgehead atoms. The minimum atomic E-state index is -0.687. The minimum Gasteiger partial charge on any atom is -0.378 e. The summed E-state index contributed by atoms with van der Waals surface area (Å²) in [5.41, 5.74) is 2.83. The molecule has 0 saturated carbocycles. The van der Waals surface area contributed by atoms with Crippen molar-refractivity contribution in [2.24, 2.45) is 0 Å². The maximum absolute atomic E-state index is 13.3. The summed E-state index contributed by atoms with van der Waals surface area (Å²) >= 11 is 0. The molecular weight excluding hydrogens is 408 g/mol. The largest absolute Gasteiger partial charge is 0.378 e. The van der Waals surface area contributed by atoms with Crippen LogP contribution < -0.4 is 11.2 Å². The van der Waals surface area contributed by atoms with Crippen LogP contribution in [-0.2, 0) is 11.3 Å². The molecule has 8 nitrogen and oxygen atoms in total. The molecule has 4 rings (SSSR count). The Bertz CT molecular complexity index is 1290. The maximum atomic E-state index is 13.3. The molecule has 0 radical (unpaired) electrons. The number of aromatic nitrogens is 3. The Morgan fingerprint density at radius 3 is 2.44 bits per heavy atom. The Morgan fingerprint density at radius 2 is 1.75 bits per heavy atom. The highest BCUT2D eigenvalue weighted by molar-refractivity contribution is 5.91. The van der Waals surface area contributed by atoms with Gasteiger partial charge in [-0.25, -0.2) is 4.79 Å². The van der Waals surface area contributed by atoms with Crippen LogP contribution >= 0.6 is 0 Å². The first kappa shape index (κ1) is 21.7. The van der Waals surface area contributed by atoms with E-state index in [-0.39, 0.29) is 12.2 Å². The van der Waals surface area contributed by atoms with Crippen molar-refractivity contribution in [2.75, 3.05) is 26.3 Å². The molecule has 1 aliphatic rings. The third kappa shape index (κ3) is 4.27. The van der Waals surface area contributed by atoms with E-state index in [1.54, 1.807) is 11.0 Å². The zero-order chi connectivity index (χ0) is 22.8. The van der Waals surface area contributed by atoms with Crippen molar-refractivity contribution in [3.63, 3.8) is 0 Å². The predicted octanol–water partition coefficient (Wildman–Crippen LogP) is 1.84. The zero-order valence-electron chi connectivity index (χ0n) is 18.5. The first-order valence-electron chi connectivity index (χ1n) is 10.6. The molecule has 1 amide bonds. The highest BCUT2D eigenvalue weighted by Crippen LogP contribution is 2.12. The van der Waals surface area contributed by atoms with E-state index in [4.69, 9.17) is 4.74 Å². The number of nitrogens with zero attached hydrogens (tertiary/aromatic N) is 4. The summed E-state index contributed by atoms with van der Waals surface area (Å²) in [5, 5.41) is 4.25. The van der Waals surface area contributed by atoms with Crippen molar-refractivity contribution in [3.8, 4) is 5.69 Å². The Labute approximate surface area is 185 Å². The normalized spacial score (nSPS) is 13.9. The van der Waals surface area contributed by atoms with Crippen LogP contribution in [0.5, 0.6) is 0 Å². The lowest BCUT2D eigenvalue weighted by atomic mass is 10.1. The first-order valence-corrected chi connectivity index (χ1v) is 10.6. The second-order valence-electron chi connectivity index (χ2n) is 8.10. The van der Waals surface area contributed by atoms with Crippen molar-refractivity contribution in [3.05, 3.63) is 91.3 Å². The van der Waals surface area contributed by atoms with E-state index in [9.17, 15) is 14.4 Å². The van der Waals surface area contributed by atoms with Gasteiger partial charge in [-0.15, -0.1) is 0 Å². The quantitative estimate of drug-likeness (QED) is 0.626. The number of ether oxygens (including phenoxy) is 1. The third-order valence-electron chi connectivity index (χ3n) is 5.72. The fourth-order valence-corrected chi connectivity index (χ4v) is 3.72. The summed E-state index contributed by atoms with van der Waals surface area (Å²) in [7, 11) is 0. The molecule has 1 fully saturated rings. The number of amides is 1. The lowest BCUT2D eigenvalue weighted by Crippen LogP contribution is -2.48. The summed E-state index contributed by atoms with van der Waals surface area (Å²) in [6.45, 7) is 7.46. The van der Waals surface area contributed by atoms with E-state index in [1.165, 1.54) is 0 Å². The SMILES string of the molecule is Cc1cccc(Cn2c(=O)c(C(=O)N3CCOCC3)nn(-c3ccc(C)c(C)c3)c2=O)c1. The van der Waals surface area contributed by atoms with Gasteiger partial charge in [0.05, 0.1) is 25.4 Å². The van der Waals surface area contributed by atoms with E-state index in [0.717, 1.165) is 31.5 Å². The van der Waals surface area contributed by atoms with E-state index >= 15 is 0 Å². The molecule has 166 valence electrons. The van der Waals surface area contributed by atoms with Gasteiger partial charge in [0.2, 0.25) is 5.69 Å². The van der Waals surface area contributed by atoms with Gasteiger partial charge < -0.3 is 9.64 Å². The summed E-state index contributed by atoms with van der Waals surface area (Å²) in [6.07, 6.45) is 0. The minimum absolute atomic E-state index is 0.0517. The van der Waals surface area contributed by atoms with Crippen molar-refractivity contribution in [1.82, 2.24) is 19.2 Å². The number of hydrogen-bond acceptors (Lipinski definition) is 5. The van der Waals surface area contributed by atoms with Crippen LogP contribution in [0.4, 0.5) is 0 Å². The molecule has 3 aromatic rings. The number of benzene rings is 2. The van der Waals surface area contributed by atoms with E-state index in [2.05, 4.69) is 5.10 Å². The molecule has 1 saturated heterocycles. The molecule has 2 aromatic carbocycles. The number of carbonyl (C=O) groups is 1. The number of hydrogen-bond donors (Lipinski definition) is 0. The number of morpholine rings is 1. The molecule has 1 aliphatic heterocycles. The number of rotatable bonds is 4. The van der Waals surface area contributed by atoms with Crippen LogP contribution in [0.3, 0.4) is 0 Å². The van der Waals surface area contributed by atoms with Gasteiger partial charge in [0.15, 0.2) is 0 Å². The maximum Gasteiger partial charge on any atom is 0.352 e. The van der Waals surface area contributed by atoms with Gasteiger partial charge in [-0.2, -0.15) is 9.78 Å². The molecule has 2 heterocycles. The molecule has 0 spiro atoms. The van der Waals surface area contributed by atoms with Gasteiger partial charge in [0.1, 0.15) is 0 Å². The topological polar surface area (TPSA) is 86.4 Å². The molecule has 0 atom stereocenters. The first-order chi connectivity index (χ1) is 15.3. The third-order valence-corrected chi connectivity index (χ3v) is 5.72. The van der Waals surface area contributed by atoms with Crippen LogP contribution in [0.2, 0.25) is 0 Å². The molecule has 0 aliphatic carbocycles. The van der Waals surface area contributed by atoms with E-state index in [0.29, 0.717) is 32.0 Å². The zero-order valence-corrected chi connectivity index (χ0v) is 18.5. The smallest absolute Gasteiger partial charge is 0.352 e. The average Bonchev–Trinajstić information content (AvgIpc) is 2.79. The summed E-state index contributed by atoms with van der Waals surface area (Å²) in [4.78, 5) is 41.3. The van der Waals surface area contributed by atoms with E-state index < -0.39 is 17.2 Å². The van der Waals surface area contributed by atoms with Gasteiger partial charge >= 0.3 is 5.69 Å². The fraction of sp³-hybridized carbons (Fsp3) is 0.333. The van der Waals surface area contributed by atoms with Crippen molar-refractivity contribution >= 4 is 5.91 Å². The van der Waals surface area contributed by atoms with Crippen LogP contribution in [0.15, 0.2) is 52.1 Å². The molecule has 32 heavy (non-hydrogen) atoms. The highest BCUT2D eigenvalue weighted by Gasteiger charge is 2.26. The Morgan fingerprint density at radius 1 is 1.00 bits per heavy atom. The molecular formula is C24H26N4O4. The van der Waals surface area contributed by atoms with E-state index in [1.807, 2.05) is 57.2 Å². The fourth-order valence-electron chi connectivity index (χ4n) is 3.72. The molecule has 8 heteroatoms. The Balaban J connectivity index is 1.89.